The lowest BCUT2D eigenvalue weighted by molar-refractivity contribution is -0.118. The van der Waals surface area contributed by atoms with Crippen molar-refractivity contribution in [3.63, 3.8) is 0 Å². The lowest BCUT2D eigenvalue weighted by atomic mass is 10.2. The summed E-state index contributed by atoms with van der Waals surface area (Å²) in [4.78, 5) is 10.6. The maximum Gasteiger partial charge on any atom is 0.217 e. The van der Waals surface area contributed by atoms with Crippen LogP contribution in [0.25, 0.3) is 0 Å². The maximum atomic E-state index is 10.6. The van der Waals surface area contributed by atoms with Crippen LogP contribution < -0.4 is 10.1 Å². The van der Waals surface area contributed by atoms with Crippen LogP contribution in [-0.4, -0.2) is 18.6 Å². The molecule has 0 unspecified atom stereocenters. The quantitative estimate of drug-likeness (QED) is 0.808. The molecule has 3 heteroatoms. The minimum absolute atomic E-state index is 0.0695. The van der Waals surface area contributed by atoms with Crippen molar-refractivity contribution in [3.05, 3.63) is 29.8 Å². The summed E-state index contributed by atoms with van der Waals surface area (Å²) in [5.41, 5.74) is 0.909. The average molecular weight is 231 g/mol. The van der Waals surface area contributed by atoms with Crippen LogP contribution in [0.1, 0.15) is 26.3 Å². The van der Waals surface area contributed by atoms with Crippen LogP contribution in [0.15, 0.2) is 24.3 Å². The van der Waals surface area contributed by atoms with E-state index in [2.05, 4.69) is 17.2 Å². The smallest absolute Gasteiger partial charge is 0.217 e. The molecule has 90 valence electrons. The lowest BCUT2D eigenvalue weighted by Gasteiger charge is -2.08. The van der Waals surface area contributed by atoms with E-state index < -0.39 is 0 Å². The van der Waals surface area contributed by atoms with Gasteiger partial charge in [0.15, 0.2) is 0 Å². The molecule has 1 rings (SSSR count). The first-order chi connectivity index (χ1) is 8.08. The number of ether oxygens (including phenoxy) is 1. The van der Waals surface area contributed by atoms with Crippen LogP contribution in [0.3, 0.4) is 0 Å². The van der Waals surface area contributed by atoms with Gasteiger partial charge < -0.3 is 10.1 Å². The van der Waals surface area contributed by atoms with Crippen molar-refractivity contribution in [1.82, 2.24) is 5.32 Å². The van der Waals surface area contributed by atoms with Crippen molar-refractivity contribution >= 4 is 5.91 Å². The second kappa shape index (κ2) is 6.59. The van der Waals surface area contributed by atoms with E-state index in [0.717, 1.165) is 11.3 Å². The van der Waals surface area contributed by atoms with Crippen LogP contribution in [0.5, 0.6) is 5.75 Å². The Bertz CT molecular complexity index is 424. The van der Waals surface area contributed by atoms with Crippen LogP contribution in [0, 0.1) is 11.8 Å². The first-order valence-electron chi connectivity index (χ1n) is 5.58. The molecule has 0 fully saturated rings. The fourth-order valence-electron chi connectivity index (χ4n) is 1.20. The van der Waals surface area contributed by atoms with E-state index in [9.17, 15) is 4.79 Å². The van der Waals surface area contributed by atoms with E-state index in [4.69, 9.17) is 4.74 Å². The minimum atomic E-state index is -0.0695. The Balaban J connectivity index is 2.53. The van der Waals surface area contributed by atoms with Crippen molar-refractivity contribution in [2.75, 3.05) is 6.54 Å². The van der Waals surface area contributed by atoms with Crippen molar-refractivity contribution in [2.24, 2.45) is 0 Å². The molecule has 0 bridgehead atoms. The molecule has 3 nitrogen and oxygen atoms in total. The Hall–Kier alpha value is -1.95. The van der Waals surface area contributed by atoms with E-state index in [-0.39, 0.29) is 12.0 Å². The van der Waals surface area contributed by atoms with Crippen LogP contribution in [-0.2, 0) is 4.79 Å². The topological polar surface area (TPSA) is 38.3 Å². The Labute approximate surface area is 102 Å². The Morgan fingerprint density at radius 3 is 2.53 bits per heavy atom. The van der Waals surface area contributed by atoms with Gasteiger partial charge in [-0.05, 0) is 38.1 Å². The molecule has 1 aromatic carbocycles. The highest BCUT2D eigenvalue weighted by atomic mass is 16.5. The predicted molar refractivity (Wildman–Crippen MR) is 67.8 cm³/mol. The van der Waals surface area contributed by atoms with Crippen LogP contribution in [0.4, 0.5) is 0 Å². The maximum absolute atomic E-state index is 10.6. The molecular formula is C14H17NO2. The number of carbonyl (C=O) groups is 1. The first-order valence-corrected chi connectivity index (χ1v) is 5.58. The summed E-state index contributed by atoms with van der Waals surface area (Å²) in [6, 6.07) is 7.59. The zero-order chi connectivity index (χ0) is 12.7. The number of nitrogens with one attached hydrogen (secondary N) is 1. The molecule has 0 saturated carbocycles. The third kappa shape index (κ3) is 5.62. The fraction of sp³-hybridized carbons (Fsp3) is 0.357. The molecule has 1 amide bonds. The van der Waals surface area contributed by atoms with Gasteiger partial charge in [-0.2, -0.15) is 0 Å². The van der Waals surface area contributed by atoms with Gasteiger partial charge in [-0.15, -0.1) is 0 Å². The number of rotatable bonds is 3. The van der Waals surface area contributed by atoms with E-state index in [1.54, 1.807) is 0 Å². The van der Waals surface area contributed by atoms with Gasteiger partial charge in [-0.3, -0.25) is 4.79 Å². The molecule has 0 radical (unpaired) electrons. The second-order valence-corrected chi connectivity index (χ2v) is 3.90. The zero-order valence-electron chi connectivity index (χ0n) is 10.4. The van der Waals surface area contributed by atoms with Gasteiger partial charge in [0.1, 0.15) is 5.75 Å². The SMILES string of the molecule is CC(=O)NCC#Cc1ccc(OC(C)C)cc1. The van der Waals surface area contributed by atoms with E-state index in [1.165, 1.54) is 6.92 Å². The van der Waals surface area contributed by atoms with Gasteiger partial charge in [-0.1, -0.05) is 11.8 Å². The highest BCUT2D eigenvalue weighted by molar-refractivity contribution is 5.73. The molecule has 0 aromatic heterocycles. The lowest BCUT2D eigenvalue weighted by Crippen LogP contribution is -2.19. The number of hydrogen-bond acceptors (Lipinski definition) is 2. The van der Waals surface area contributed by atoms with Crippen molar-refractivity contribution in [3.8, 4) is 17.6 Å². The Morgan fingerprint density at radius 2 is 2.00 bits per heavy atom. The normalized spacial score (nSPS) is 9.41. The van der Waals surface area contributed by atoms with Gasteiger partial charge >= 0.3 is 0 Å². The monoisotopic (exact) mass is 231 g/mol. The molecule has 0 heterocycles. The molecule has 0 spiro atoms. The molecule has 1 aromatic rings. The third-order valence-corrected chi connectivity index (χ3v) is 1.88. The molecule has 17 heavy (non-hydrogen) atoms. The second-order valence-electron chi connectivity index (χ2n) is 3.90. The van der Waals surface area contributed by atoms with Gasteiger partial charge in [0.2, 0.25) is 5.91 Å². The van der Waals surface area contributed by atoms with Gasteiger partial charge in [0.05, 0.1) is 12.6 Å². The van der Waals surface area contributed by atoms with Gasteiger partial charge in [0.25, 0.3) is 0 Å². The first kappa shape index (κ1) is 13.1. The summed E-state index contributed by atoms with van der Waals surface area (Å²) in [6.07, 6.45) is 0.173. The van der Waals surface area contributed by atoms with E-state index in [1.807, 2.05) is 38.1 Å². The molecule has 0 saturated heterocycles. The molecule has 0 aliphatic rings. The van der Waals surface area contributed by atoms with E-state index in [0.29, 0.717) is 6.54 Å². The summed E-state index contributed by atoms with van der Waals surface area (Å²) in [5, 5.41) is 2.62. The predicted octanol–water partition coefficient (Wildman–Crippen LogP) is 1.96. The average Bonchev–Trinajstić information content (AvgIpc) is 2.25. The van der Waals surface area contributed by atoms with Crippen molar-refractivity contribution < 1.29 is 9.53 Å². The molecule has 0 atom stereocenters. The standard InChI is InChI=1S/C14H17NO2/c1-11(2)17-14-8-6-13(7-9-14)5-4-10-15-12(3)16/h6-9,11H,10H2,1-3H3,(H,15,16). The number of benzene rings is 1. The molecular weight excluding hydrogens is 214 g/mol. The Morgan fingerprint density at radius 1 is 1.35 bits per heavy atom. The number of carbonyl (C=O) groups excluding carboxylic acids is 1. The van der Waals surface area contributed by atoms with Crippen LogP contribution in [0.2, 0.25) is 0 Å². The summed E-state index contributed by atoms with van der Waals surface area (Å²) < 4.78 is 5.52. The highest BCUT2D eigenvalue weighted by Gasteiger charge is 1.96. The zero-order valence-corrected chi connectivity index (χ0v) is 10.4. The Kier molecular flexibility index (Phi) is 5.09. The van der Waals surface area contributed by atoms with E-state index >= 15 is 0 Å². The summed E-state index contributed by atoms with van der Waals surface area (Å²) in [6.45, 7) is 5.82. The third-order valence-electron chi connectivity index (χ3n) is 1.88. The molecule has 0 aliphatic heterocycles. The van der Waals surface area contributed by atoms with Crippen LogP contribution >= 0.6 is 0 Å². The number of amides is 1. The summed E-state index contributed by atoms with van der Waals surface area (Å²) in [7, 11) is 0. The van der Waals surface area contributed by atoms with Gasteiger partial charge in [0, 0.05) is 12.5 Å². The fourth-order valence-corrected chi connectivity index (χ4v) is 1.20. The molecule has 0 aliphatic carbocycles. The summed E-state index contributed by atoms with van der Waals surface area (Å²) >= 11 is 0. The van der Waals surface area contributed by atoms with Gasteiger partial charge in [-0.25, -0.2) is 0 Å². The van der Waals surface area contributed by atoms with Crippen molar-refractivity contribution in [1.29, 1.82) is 0 Å². The minimum Gasteiger partial charge on any atom is -0.491 e. The summed E-state index contributed by atoms with van der Waals surface area (Å²) in [5.74, 6) is 6.60. The number of hydrogen-bond donors (Lipinski definition) is 1. The highest BCUT2D eigenvalue weighted by Crippen LogP contribution is 2.12. The molecule has 1 N–H and O–H groups in total. The van der Waals surface area contributed by atoms with Crippen molar-refractivity contribution in [2.45, 2.75) is 26.9 Å². The largest absolute Gasteiger partial charge is 0.491 e.